The van der Waals surface area contributed by atoms with Crippen LogP contribution in [0, 0.1) is 17.3 Å². The highest BCUT2D eigenvalue weighted by Gasteiger charge is 2.48. The Bertz CT molecular complexity index is 325. The summed E-state index contributed by atoms with van der Waals surface area (Å²) in [5.41, 5.74) is 0.0630. The van der Waals surface area contributed by atoms with E-state index in [1.54, 1.807) is 0 Å². The van der Waals surface area contributed by atoms with Crippen molar-refractivity contribution in [1.82, 2.24) is 0 Å². The molecule has 0 aromatic carbocycles. The van der Waals surface area contributed by atoms with Gasteiger partial charge in [0.15, 0.2) is 0 Å². The minimum absolute atomic E-state index is 0.0630. The van der Waals surface area contributed by atoms with Gasteiger partial charge in [-0.3, -0.25) is 0 Å². The van der Waals surface area contributed by atoms with Gasteiger partial charge in [0, 0.05) is 0 Å². The molecule has 0 N–H and O–H groups in total. The normalized spacial score (nSPS) is 24.0. The number of hydrogen-bond donors (Lipinski definition) is 0. The van der Waals surface area contributed by atoms with Crippen LogP contribution < -0.4 is 0 Å². The second kappa shape index (κ2) is 6.63. The van der Waals surface area contributed by atoms with Gasteiger partial charge in [0.2, 0.25) is 0 Å². The fourth-order valence-corrected chi connectivity index (χ4v) is 2.47. The van der Waals surface area contributed by atoms with E-state index in [1.165, 1.54) is 14.2 Å². The SMILES string of the molecule is COC(=O)OCC[C@H]1C[C@H](COC(=O)OC)C1(C)C. The Labute approximate surface area is 113 Å². The number of methoxy groups -OCH3 is 2. The van der Waals surface area contributed by atoms with Crippen LogP contribution in [-0.4, -0.2) is 39.7 Å². The molecule has 6 heteroatoms. The van der Waals surface area contributed by atoms with Gasteiger partial charge in [0.25, 0.3) is 0 Å². The number of hydrogen-bond acceptors (Lipinski definition) is 6. The molecule has 0 heterocycles. The lowest BCUT2D eigenvalue weighted by atomic mass is 9.54. The molecule has 0 bridgehead atoms. The molecule has 0 spiro atoms. The van der Waals surface area contributed by atoms with Crippen LogP contribution in [0.5, 0.6) is 0 Å². The minimum Gasteiger partial charge on any atom is -0.438 e. The first-order valence-electron chi connectivity index (χ1n) is 6.33. The standard InChI is InChI=1S/C13H22O6/c1-13(2)9(5-6-18-11(14)16-3)7-10(13)8-19-12(15)17-4/h9-10H,5-8H2,1-4H3/t9-,10+/m0/s1. The minimum atomic E-state index is -0.650. The van der Waals surface area contributed by atoms with E-state index in [4.69, 9.17) is 9.47 Å². The molecular weight excluding hydrogens is 252 g/mol. The Morgan fingerprint density at radius 3 is 2.16 bits per heavy atom. The van der Waals surface area contributed by atoms with Gasteiger partial charge in [-0.05, 0) is 30.1 Å². The molecule has 1 saturated carbocycles. The molecule has 0 unspecified atom stereocenters. The van der Waals surface area contributed by atoms with Crippen LogP contribution in [0.1, 0.15) is 26.7 Å². The third-order valence-corrected chi connectivity index (χ3v) is 4.10. The maximum absolute atomic E-state index is 10.9. The predicted octanol–water partition coefficient (Wildman–Crippen LogP) is 2.60. The third-order valence-electron chi connectivity index (χ3n) is 4.10. The quantitative estimate of drug-likeness (QED) is 0.718. The van der Waals surface area contributed by atoms with Crippen molar-refractivity contribution >= 4 is 12.3 Å². The van der Waals surface area contributed by atoms with E-state index < -0.39 is 12.3 Å². The smallest absolute Gasteiger partial charge is 0.438 e. The zero-order valence-corrected chi connectivity index (χ0v) is 11.9. The molecule has 19 heavy (non-hydrogen) atoms. The van der Waals surface area contributed by atoms with Crippen LogP contribution in [0.4, 0.5) is 9.59 Å². The van der Waals surface area contributed by atoms with Gasteiger partial charge in [-0.2, -0.15) is 0 Å². The fraction of sp³-hybridized carbons (Fsp3) is 0.846. The van der Waals surface area contributed by atoms with Crippen molar-refractivity contribution in [3.63, 3.8) is 0 Å². The molecule has 1 aliphatic carbocycles. The van der Waals surface area contributed by atoms with E-state index >= 15 is 0 Å². The molecule has 6 nitrogen and oxygen atoms in total. The number of carbonyl (C=O) groups excluding carboxylic acids is 2. The maximum Gasteiger partial charge on any atom is 0.507 e. The van der Waals surface area contributed by atoms with Crippen molar-refractivity contribution in [2.45, 2.75) is 26.7 Å². The Morgan fingerprint density at radius 2 is 1.63 bits per heavy atom. The summed E-state index contributed by atoms with van der Waals surface area (Å²) < 4.78 is 18.7. The molecule has 2 atom stereocenters. The van der Waals surface area contributed by atoms with Crippen molar-refractivity contribution in [2.75, 3.05) is 27.4 Å². The lowest BCUT2D eigenvalue weighted by Crippen LogP contribution is -2.47. The van der Waals surface area contributed by atoms with Gasteiger partial charge >= 0.3 is 12.3 Å². The van der Waals surface area contributed by atoms with Crippen LogP contribution in [0.25, 0.3) is 0 Å². The van der Waals surface area contributed by atoms with Gasteiger partial charge in [-0.25, -0.2) is 9.59 Å². The molecule has 0 aromatic rings. The Morgan fingerprint density at radius 1 is 1.05 bits per heavy atom. The highest BCUT2D eigenvalue weighted by molar-refractivity contribution is 5.59. The predicted molar refractivity (Wildman–Crippen MR) is 66.7 cm³/mol. The summed E-state index contributed by atoms with van der Waals surface area (Å²) in [4.78, 5) is 21.7. The molecule has 1 rings (SSSR count). The Kier molecular flexibility index (Phi) is 5.44. The number of ether oxygens (including phenoxy) is 4. The van der Waals surface area contributed by atoms with E-state index in [0.29, 0.717) is 25.0 Å². The molecule has 0 radical (unpaired) electrons. The van der Waals surface area contributed by atoms with Gasteiger partial charge in [0.1, 0.15) is 0 Å². The molecule has 1 aliphatic rings. The summed E-state index contributed by atoms with van der Waals surface area (Å²) in [7, 11) is 2.58. The summed E-state index contributed by atoms with van der Waals surface area (Å²) >= 11 is 0. The monoisotopic (exact) mass is 274 g/mol. The van der Waals surface area contributed by atoms with Crippen LogP contribution >= 0.6 is 0 Å². The molecule has 0 saturated heterocycles. The van der Waals surface area contributed by atoms with Gasteiger partial charge in [-0.1, -0.05) is 13.8 Å². The van der Waals surface area contributed by atoms with Gasteiger partial charge in [0.05, 0.1) is 27.4 Å². The molecular formula is C13H22O6. The molecule has 0 aliphatic heterocycles. The highest BCUT2D eigenvalue weighted by atomic mass is 16.7. The van der Waals surface area contributed by atoms with Gasteiger partial charge < -0.3 is 18.9 Å². The van der Waals surface area contributed by atoms with Crippen LogP contribution in [0.3, 0.4) is 0 Å². The first-order chi connectivity index (χ1) is 8.91. The highest BCUT2D eigenvalue weighted by Crippen LogP contribution is 2.52. The summed E-state index contributed by atoms with van der Waals surface area (Å²) in [6.45, 7) is 4.98. The fourth-order valence-electron chi connectivity index (χ4n) is 2.47. The average Bonchev–Trinajstić information content (AvgIpc) is 2.39. The Balaban J connectivity index is 2.26. The zero-order valence-electron chi connectivity index (χ0n) is 11.9. The lowest BCUT2D eigenvalue weighted by Gasteiger charge is -2.52. The lowest BCUT2D eigenvalue weighted by molar-refractivity contribution is -0.0733. The zero-order chi connectivity index (χ0) is 14.5. The first kappa shape index (κ1) is 15.6. The first-order valence-corrected chi connectivity index (χ1v) is 6.33. The molecule has 0 amide bonds. The summed E-state index contributed by atoms with van der Waals surface area (Å²) in [6.07, 6.45) is 0.446. The van der Waals surface area contributed by atoms with Crippen molar-refractivity contribution in [3.05, 3.63) is 0 Å². The summed E-state index contributed by atoms with van der Waals surface area (Å²) in [5.74, 6) is 0.762. The van der Waals surface area contributed by atoms with E-state index in [9.17, 15) is 9.59 Å². The molecule has 0 aromatic heterocycles. The third kappa shape index (κ3) is 4.01. The topological polar surface area (TPSA) is 71.1 Å². The van der Waals surface area contributed by atoms with E-state index in [-0.39, 0.29) is 5.41 Å². The van der Waals surface area contributed by atoms with Crippen molar-refractivity contribution < 1.29 is 28.5 Å². The van der Waals surface area contributed by atoms with Crippen LogP contribution in [0.15, 0.2) is 0 Å². The summed E-state index contributed by atoms with van der Waals surface area (Å²) in [5, 5.41) is 0. The van der Waals surface area contributed by atoms with Crippen molar-refractivity contribution in [3.8, 4) is 0 Å². The number of rotatable bonds is 5. The molecule has 110 valence electrons. The maximum atomic E-state index is 10.9. The van der Waals surface area contributed by atoms with Crippen LogP contribution in [0.2, 0.25) is 0 Å². The van der Waals surface area contributed by atoms with E-state index in [1.807, 2.05) is 0 Å². The largest absolute Gasteiger partial charge is 0.507 e. The second-order valence-electron chi connectivity index (χ2n) is 5.31. The van der Waals surface area contributed by atoms with E-state index in [2.05, 4.69) is 23.3 Å². The molecule has 1 fully saturated rings. The van der Waals surface area contributed by atoms with Gasteiger partial charge in [-0.15, -0.1) is 0 Å². The van der Waals surface area contributed by atoms with Crippen LogP contribution in [-0.2, 0) is 18.9 Å². The summed E-state index contributed by atoms with van der Waals surface area (Å²) in [6, 6.07) is 0. The average molecular weight is 274 g/mol. The second-order valence-corrected chi connectivity index (χ2v) is 5.31. The Hall–Kier alpha value is -1.46. The van der Waals surface area contributed by atoms with E-state index in [0.717, 1.165) is 12.8 Å². The van der Waals surface area contributed by atoms with Crippen molar-refractivity contribution in [1.29, 1.82) is 0 Å². The number of carbonyl (C=O) groups is 2. The van der Waals surface area contributed by atoms with Crippen molar-refractivity contribution in [2.24, 2.45) is 17.3 Å².